The zero-order valence-electron chi connectivity index (χ0n) is 10.6. The second kappa shape index (κ2) is 4.81. The van der Waals surface area contributed by atoms with Crippen molar-refractivity contribution in [3.8, 4) is 0 Å². The standard InChI is InChI=1S/C15H17NOS/c1-10-6-7-13(17)11(8-10)9-15-16-12-4-2-3-5-14(12)18-15/h2-5,10-11H,6-9H2,1H3. The lowest BCUT2D eigenvalue weighted by Crippen LogP contribution is -2.25. The van der Waals surface area contributed by atoms with Crippen LogP contribution in [0.25, 0.3) is 10.2 Å². The largest absolute Gasteiger partial charge is 0.299 e. The predicted molar refractivity (Wildman–Crippen MR) is 74.8 cm³/mol. The van der Waals surface area contributed by atoms with Crippen molar-refractivity contribution in [1.82, 2.24) is 4.98 Å². The van der Waals surface area contributed by atoms with Crippen LogP contribution in [-0.2, 0) is 11.2 Å². The lowest BCUT2D eigenvalue weighted by atomic mass is 9.80. The van der Waals surface area contributed by atoms with Gasteiger partial charge in [0, 0.05) is 18.8 Å². The van der Waals surface area contributed by atoms with Gasteiger partial charge in [-0.25, -0.2) is 4.98 Å². The highest BCUT2D eigenvalue weighted by atomic mass is 32.1. The Balaban J connectivity index is 1.80. The summed E-state index contributed by atoms with van der Waals surface area (Å²) < 4.78 is 1.23. The summed E-state index contributed by atoms with van der Waals surface area (Å²) >= 11 is 1.73. The summed E-state index contributed by atoms with van der Waals surface area (Å²) in [5.74, 6) is 1.32. The van der Waals surface area contributed by atoms with E-state index in [2.05, 4.69) is 18.0 Å². The highest BCUT2D eigenvalue weighted by molar-refractivity contribution is 7.18. The number of fused-ring (bicyclic) bond motifs is 1. The molecule has 0 saturated heterocycles. The number of carbonyl (C=O) groups is 1. The van der Waals surface area contributed by atoms with Crippen LogP contribution in [0.5, 0.6) is 0 Å². The van der Waals surface area contributed by atoms with Crippen LogP contribution >= 0.6 is 11.3 Å². The van der Waals surface area contributed by atoms with E-state index >= 15 is 0 Å². The van der Waals surface area contributed by atoms with Crippen LogP contribution in [0.2, 0.25) is 0 Å². The third-order valence-corrected chi connectivity index (χ3v) is 4.84. The molecule has 1 aliphatic carbocycles. The Morgan fingerprint density at radius 2 is 2.22 bits per heavy atom. The Bertz CT molecular complexity index is 542. The second-order valence-electron chi connectivity index (χ2n) is 5.32. The molecule has 0 N–H and O–H groups in total. The van der Waals surface area contributed by atoms with Crippen LogP contribution in [0.3, 0.4) is 0 Å². The monoisotopic (exact) mass is 259 g/mol. The fourth-order valence-corrected chi connectivity index (χ4v) is 3.79. The number of carbonyl (C=O) groups excluding carboxylic acids is 1. The molecule has 1 saturated carbocycles. The van der Waals surface area contributed by atoms with Gasteiger partial charge in [-0.2, -0.15) is 0 Å². The fraction of sp³-hybridized carbons (Fsp3) is 0.467. The van der Waals surface area contributed by atoms with E-state index in [1.54, 1.807) is 11.3 Å². The summed E-state index contributed by atoms with van der Waals surface area (Å²) in [6, 6.07) is 8.19. The van der Waals surface area contributed by atoms with Gasteiger partial charge in [-0.15, -0.1) is 11.3 Å². The van der Waals surface area contributed by atoms with E-state index in [-0.39, 0.29) is 5.92 Å². The van der Waals surface area contributed by atoms with Gasteiger partial charge in [-0.3, -0.25) is 4.79 Å². The highest BCUT2D eigenvalue weighted by Crippen LogP contribution is 2.31. The number of para-hydroxylation sites is 1. The fourth-order valence-electron chi connectivity index (χ4n) is 2.74. The van der Waals surface area contributed by atoms with Crippen LogP contribution in [0.4, 0.5) is 0 Å². The van der Waals surface area contributed by atoms with Gasteiger partial charge in [-0.1, -0.05) is 19.1 Å². The van der Waals surface area contributed by atoms with Gasteiger partial charge in [0.05, 0.1) is 15.2 Å². The Morgan fingerprint density at radius 1 is 1.39 bits per heavy atom. The third kappa shape index (κ3) is 2.32. The number of nitrogens with zero attached hydrogens (tertiary/aromatic N) is 1. The Labute approximate surface area is 111 Å². The van der Waals surface area contributed by atoms with Crippen molar-refractivity contribution in [2.45, 2.75) is 32.6 Å². The maximum Gasteiger partial charge on any atom is 0.136 e. The van der Waals surface area contributed by atoms with Crippen LogP contribution in [0, 0.1) is 11.8 Å². The van der Waals surface area contributed by atoms with Crippen molar-refractivity contribution in [1.29, 1.82) is 0 Å². The van der Waals surface area contributed by atoms with E-state index < -0.39 is 0 Å². The third-order valence-electron chi connectivity index (χ3n) is 3.78. The number of ketones is 1. The predicted octanol–water partition coefficient (Wildman–Crippen LogP) is 3.84. The molecule has 1 aromatic heterocycles. The summed E-state index contributed by atoms with van der Waals surface area (Å²) in [6.07, 6.45) is 3.70. The summed E-state index contributed by atoms with van der Waals surface area (Å²) in [4.78, 5) is 16.6. The number of hydrogen-bond donors (Lipinski definition) is 0. The quantitative estimate of drug-likeness (QED) is 0.820. The van der Waals surface area contributed by atoms with Crippen molar-refractivity contribution in [3.05, 3.63) is 29.3 Å². The first-order valence-electron chi connectivity index (χ1n) is 6.59. The lowest BCUT2D eigenvalue weighted by Gasteiger charge is -2.24. The van der Waals surface area contributed by atoms with Crippen LogP contribution in [-0.4, -0.2) is 10.8 Å². The molecule has 0 spiro atoms. The molecule has 2 nitrogen and oxygen atoms in total. The molecule has 2 aromatic rings. The van der Waals surface area contributed by atoms with E-state index in [0.29, 0.717) is 11.7 Å². The maximum absolute atomic E-state index is 11.9. The molecule has 1 aliphatic rings. The highest BCUT2D eigenvalue weighted by Gasteiger charge is 2.27. The van der Waals surface area contributed by atoms with Crippen molar-refractivity contribution in [2.75, 3.05) is 0 Å². The normalized spacial score (nSPS) is 24.6. The van der Waals surface area contributed by atoms with E-state index in [1.165, 1.54) is 4.70 Å². The number of thiazole rings is 1. The van der Waals surface area contributed by atoms with E-state index in [4.69, 9.17) is 0 Å². The zero-order chi connectivity index (χ0) is 12.5. The molecule has 0 bridgehead atoms. The number of Topliss-reactive ketones (excluding diaryl/α,β-unsaturated/α-hetero) is 1. The first kappa shape index (κ1) is 11.8. The van der Waals surface area contributed by atoms with Crippen LogP contribution < -0.4 is 0 Å². The molecule has 2 atom stereocenters. The summed E-state index contributed by atoms with van der Waals surface area (Å²) in [5, 5.41) is 1.11. The molecule has 1 heterocycles. The molecule has 18 heavy (non-hydrogen) atoms. The zero-order valence-corrected chi connectivity index (χ0v) is 11.4. The summed E-state index contributed by atoms with van der Waals surface area (Å²) in [6.45, 7) is 2.25. The number of rotatable bonds is 2. The minimum atomic E-state index is 0.203. The van der Waals surface area contributed by atoms with E-state index in [9.17, 15) is 4.79 Å². The Hall–Kier alpha value is -1.22. The van der Waals surface area contributed by atoms with Gasteiger partial charge in [0.2, 0.25) is 0 Å². The lowest BCUT2D eigenvalue weighted by molar-refractivity contribution is -0.125. The van der Waals surface area contributed by atoms with Crippen LogP contribution in [0.15, 0.2) is 24.3 Å². The van der Waals surface area contributed by atoms with Gasteiger partial charge < -0.3 is 0 Å². The smallest absolute Gasteiger partial charge is 0.136 e. The van der Waals surface area contributed by atoms with Gasteiger partial charge in [0.25, 0.3) is 0 Å². The first-order valence-corrected chi connectivity index (χ1v) is 7.41. The second-order valence-corrected chi connectivity index (χ2v) is 6.44. The average Bonchev–Trinajstić information content (AvgIpc) is 2.76. The molecular formula is C15H17NOS. The molecular weight excluding hydrogens is 242 g/mol. The van der Waals surface area contributed by atoms with Crippen molar-refractivity contribution < 1.29 is 4.79 Å². The van der Waals surface area contributed by atoms with Crippen molar-refractivity contribution >= 4 is 27.3 Å². The van der Waals surface area contributed by atoms with Crippen LogP contribution in [0.1, 0.15) is 31.2 Å². The molecule has 94 valence electrons. The van der Waals surface area contributed by atoms with E-state index in [0.717, 1.165) is 36.2 Å². The maximum atomic E-state index is 11.9. The van der Waals surface area contributed by atoms with Gasteiger partial charge >= 0.3 is 0 Å². The van der Waals surface area contributed by atoms with Gasteiger partial charge in [-0.05, 0) is 30.9 Å². The summed E-state index contributed by atoms with van der Waals surface area (Å²) in [7, 11) is 0. The molecule has 2 unspecified atom stereocenters. The molecule has 0 aliphatic heterocycles. The number of aromatic nitrogens is 1. The minimum Gasteiger partial charge on any atom is -0.299 e. The first-order chi connectivity index (χ1) is 8.72. The SMILES string of the molecule is CC1CCC(=O)C(Cc2nc3ccccc3s2)C1. The van der Waals surface area contributed by atoms with Crippen molar-refractivity contribution in [2.24, 2.45) is 11.8 Å². The van der Waals surface area contributed by atoms with E-state index in [1.807, 2.05) is 18.2 Å². The Kier molecular flexibility index (Phi) is 3.16. The average molecular weight is 259 g/mol. The minimum absolute atomic E-state index is 0.203. The molecule has 1 fully saturated rings. The van der Waals surface area contributed by atoms with Crippen molar-refractivity contribution in [3.63, 3.8) is 0 Å². The Morgan fingerprint density at radius 3 is 3.06 bits per heavy atom. The summed E-state index contributed by atoms with van der Waals surface area (Å²) in [5.41, 5.74) is 1.06. The molecule has 1 aromatic carbocycles. The van der Waals surface area contributed by atoms with Gasteiger partial charge in [0.15, 0.2) is 0 Å². The topological polar surface area (TPSA) is 30.0 Å². The number of hydrogen-bond acceptors (Lipinski definition) is 3. The van der Waals surface area contributed by atoms with Gasteiger partial charge in [0.1, 0.15) is 5.78 Å². The number of benzene rings is 1. The molecule has 3 heteroatoms. The molecule has 0 radical (unpaired) electrons. The molecule has 3 rings (SSSR count). The molecule has 0 amide bonds.